The molecule has 3 amide bonds. The minimum absolute atomic E-state index is 0.0168. The van der Waals surface area contributed by atoms with Gasteiger partial charge in [-0.05, 0) is 36.2 Å². The summed E-state index contributed by atoms with van der Waals surface area (Å²) in [7, 11) is 2.64. The highest BCUT2D eigenvalue weighted by atomic mass is 32.2. The van der Waals surface area contributed by atoms with Crippen LogP contribution in [-0.2, 0) is 23.9 Å². The summed E-state index contributed by atoms with van der Waals surface area (Å²) in [4.78, 5) is 35.7. The Morgan fingerprint density at radius 2 is 1.81 bits per heavy atom. The Bertz CT molecular complexity index is 1060. The van der Waals surface area contributed by atoms with Crippen LogP contribution in [0.15, 0.2) is 36.4 Å². The zero-order valence-corrected chi connectivity index (χ0v) is 17.9. The molecule has 0 spiro atoms. The maximum atomic E-state index is 12.9. The van der Waals surface area contributed by atoms with E-state index in [1.807, 2.05) is 0 Å². The molecule has 11 heteroatoms. The van der Waals surface area contributed by atoms with Crippen LogP contribution in [0.2, 0.25) is 0 Å². The summed E-state index contributed by atoms with van der Waals surface area (Å²) in [5.74, 6) is -0.709. The Hall–Kier alpha value is -3.21. The van der Waals surface area contributed by atoms with Crippen LogP contribution < -0.4 is 20.1 Å². The normalized spacial score (nSPS) is 16.0. The van der Waals surface area contributed by atoms with E-state index in [2.05, 4.69) is 10.6 Å². The molecule has 1 heterocycles. The van der Waals surface area contributed by atoms with Crippen molar-refractivity contribution < 1.29 is 37.0 Å². The second-order valence-electron chi connectivity index (χ2n) is 6.83. The molecule has 1 unspecified atom stereocenters. The topological polar surface area (TPSA) is 93.7 Å². The van der Waals surface area contributed by atoms with Crippen molar-refractivity contribution in [1.82, 2.24) is 10.6 Å². The molecule has 2 N–H and O–H groups in total. The summed E-state index contributed by atoms with van der Waals surface area (Å²) in [5, 5.41) is 3.93. The van der Waals surface area contributed by atoms with Crippen LogP contribution >= 0.6 is 11.8 Å². The largest absolute Gasteiger partial charge is 0.496 e. The third kappa shape index (κ3) is 5.34. The lowest BCUT2D eigenvalue weighted by molar-refractivity contribution is -0.137. The number of imide groups is 1. The molecule has 32 heavy (non-hydrogen) atoms. The van der Waals surface area contributed by atoms with Gasteiger partial charge in [-0.1, -0.05) is 23.9 Å². The van der Waals surface area contributed by atoms with E-state index in [1.54, 1.807) is 18.2 Å². The van der Waals surface area contributed by atoms with Gasteiger partial charge in [0.2, 0.25) is 5.91 Å². The van der Waals surface area contributed by atoms with Crippen LogP contribution in [0.5, 0.6) is 11.5 Å². The number of thioether (sulfide) groups is 1. The fourth-order valence-corrected chi connectivity index (χ4v) is 4.02. The third-order valence-electron chi connectivity index (χ3n) is 4.75. The van der Waals surface area contributed by atoms with E-state index in [4.69, 9.17) is 9.47 Å². The van der Waals surface area contributed by atoms with Gasteiger partial charge in [-0.2, -0.15) is 13.2 Å². The molecule has 170 valence electrons. The van der Waals surface area contributed by atoms with E-state index in [9.17, 15) is 27.6 Å². The van der Waals surface area contributed by atoms with Crippen molar-refractivity contribution in [3.05, 3.63) is 58.7 Å². The monoisotopic (exact) mass is 468 g/mol. The van der Waals surface area contributed by atoms with E-state index < -0.39 is 28.1 Å². The van der Waals surface area contributed by atoms with Gasteiger partial charge >= 0.3 is 6.18 Å². The molecule has 7 nitrogen and oxygen atoms in total. The lowest BCUT2D eigenvalue weighted by Crippen LogP contribution is -2.25. The van der Waals surface area contributed by atoms with Gasteiger partial charge in [0.15, 0.2) is 0 Å². The van der Waals surface area contributed by atoms with Crippen LogP contribution in [0.25, 0.3) is 0 Å². The fraction of sp³-hybridized carbons (Fsp3) is 0.286. The number of halogens is 3. The predicted octanol–water partition coefficient (Wildman–Crippen LogP) is 3.55. The number of carbonyl (C=O) groups excluding carboxylic acids is 3. The summed E-state index contributed by atoms with van der Waals surface area (Å²) in [6.07, 6.45) is -4.25. The molecule has 0 aromatic heterocycles. The maximum Gasteiger partial charge on any atom is 0.416 e. The first-order valence-corrected chi connectivity index (χ1v) is 10.2. The molecule has 3 rings (SSSR count). The average Bonchev–Trinajstić information content (AvgIpc) is 3.07. The molecule has 1 aliphatic heterocycles. The summed E-state index contributed by atoms with van der Waals surface area (Å²) in [6, 6.07) is 7.79. The number of benzene rings is 2. The van der Waals surface area contributed by atoms with Gasteiger partial charge in [-0.25, -0.2) is 0 Å². The number of rotatable bonds is 7. The van der Waals surface area contributed by atoms with Crippen LogP contribution in [0.3, 0.4) is 0 Å². The maximum absolute atomic E-state index is 12.9. The lowest BCUT2D eigenvalue weighted by atomic mass is 10.0. The highest BCUT2D eigenvalue weighted by Gasteiger charge is 2.32. The molecule has 2 aromatic carbocycles. The Labute approximate surface area is 185 Å². The first-order valence-electron chi connectivity index (χ1n) is 9.33. The predicted molar refractivity (Wildman–Crippen MR) is 111 cm³/mol. The Morgan fingerprint density at radius 3 is 2.41 bits per heavy atom. The Morgan fingerprint density at radius 1 is 1.09 bits per heavy atom. The van der Waals surface area contributed by atoms with Crippen molar-refractivity contribution in [1.29, 1.82) is 0 Å². The number of hydrogen-bond acceptors (Lipinski definition) is 6. The van der Waals surface area contributed by atoms with E-state index >= 15 is 0 Å². The molecular weight excluding hydrogens is 449 g/mol. The summed E-state index contributed by atoms with van der Waals surface area (Å²) >= 11 is 0.912. The lowest BCUT2D eigenvalue weighted by Gasteiger charge is -2.15. The molecular formula is C21H19F3N2O5S. The van der Waals surface area contributed by atoms with Crippen molar-refractivity contribution in [3.8, 4) is 11.5 Å². The van der Waals surface area contributed by atoms with Crippen molar-refractivity contribution in [2.45, 2.75) is 24.4 Å². The van der Waals surface area contributed by atoms with E-state index in [0.29, 0.717) is 17.7 Å². The second kappa shape index (κ2) is 9.51. The van der Waals surface area contributed by atoms with Crippen LogP contribution in [0.1, 0.15) is 27.0 Å². The van der Waals surface area contributed by atoms with Gasteiger partial charge in [0.25, 0.3) is 11.1 Å². The van der Waals surface area contributed by atoms with Gasteiger partial charge in [-0.3, -0.25) is 19.7 Å². The fourth-order valence-electron chi connectivity index (χ4n) is 3.16. The third-order valence-corrected chi connectivity index (χ3v) is 5.73. The van der Waals surface area contributed by atoms with E-state index in [1.165, 1.54) is 14.2 Å². The molecule has 0 bridgehead atoms. The highest BCUT2D eigenvalue weighted by Crippen LogP contribution is 2.33. The molecule has 0 saturated carbocycles. The minimum atomic E-state index is -4.56. The zero-order chi connectivity index (χ0) is 23.5. The Kier molecular flexibility index (Phi) is 6.97. The number of nitrogens with one attached hydrogen (secondary N) is 2. The smallest absolute Gasteiger partial charge is 0.416 e. The molecule has 1 fully saturated rings. The van der Waals surface area contributed by atoms with Gasteiger partial charge in [0.05, 0.1) is 30.6 Å². The number of hydrogen-bond donors (Lipinski definition) is 2. The molecule has 1 atom stereocenters. The first-order chi connectivity index (χ1) is 15.1. The highest BCUT2D eigenvalue weighted by molar-refractivity contribution is 8.15. The quantitative estimate of drug-likeness (QED) is 0.646. The summed E-state index contributed by atoms with van der Waals surface area (Å²) in [6.45, 7) is 0.0168. The SMILES string of the molecule is COc1ccc(CC2SC(=O)NC2=O)cc1CNC(=O)c1ccc(C(F)(F)F)cc1OC. The summed E-state index contributed by atoms with van der Waals surface area (Å²) < 4.78 is 49.0. The van der Waals surface area contributed by atoms with E-state index in [-0.39, 0.29) is 23.8 Å². The minimum Gasteiger partial charge on any atom is -0.496 e. The molecule has 1 saturated heterocycles. The molecule has 2 aromatic rings. The van der Waals surface area contributed by atoms with E-state index in [0.717, 1.165) is 35.5 Å². The number of methoxy groups -OCH3 is 2. The second-order valence-corrected chi connectivity index (χ2v) is 8.00. The van der Waals surface area contributed by atoms with Crippen molar-refractivity contribution >= 4 is 28.8 Å². The molecule has 0 aliphatic carbocycles. The number of amides is 3. The van der Waals surface area contributed by atoms with Gasteiger partial charge in [-0.15, -0.1) is 0 Å². The average molecular weight is 468 g/mol. The van der Waals surface area contributed by atoms with Crippen LogP contribution in [0, 0.1) is 0 Å². The molecule has 1 aliphatic rings. The Balaban J connectivity index is 1.75. The standard InChI is InChI=1S/C21H19F3N2O5S/c1-30-15-6-3-11(8-17-19(28)26-20(29)32-17)7-12(15)10-25-18(27)14-5-4-13(21(22,23)24)9-16(14)31-2/h3-7,9,17H,8,10H2,1-2H3,(H,25,27)(H,26,28,29). The number of carbonyl (C=O) groups is 3. The van der Waals surface area contributed by atoms with Gasteiger partial charge in [0, 0.05) is 12.1 Å². The molecule has 0 radical (unpaired) electrons. The van der Waals surface area contributed by atoms with Crippen molar-refractivity contribution in [2.75, 3.05) is 14.2 Å². The number of alkyl halides is 3. The van der Waals surface area contributed by atoms with Gasteiger partial charge < -0.3 is 14.8 Å². The first kappa shape index (κ1) is 23.5. The van der Waals surface area contributed by atoms with Gasteiger partial charge in [0.1, 0.15) is 11.5 Å². The summed E-state index contributed by atoms with van der Waals surface area (Å²) in [5.41, 5.74) is 0.379. The van der Waals surface area contributed by atoms with Crippen LogP contribution in [0.4, 0.5) is 18.0 Å². The van der Waals surface area contributed by atoms with Crippen molar-refractivity contribution in [2.24, 2.45) is 0 Å². The zero-order valence-electron chi connectivity index (χ0n) is 17.0. The number of ether oxygens (including phenoxy) is 2. The van der Waals surface area contributed by atoms with Crippen LogP contribution in [-0.4, -0.2) is 36.5 Å². The van der Waals surface area contributed by atoms with Crippen molar-refractivity contribution in [3.63, 3.8) is 0 Å².